The average Bonchev–Trinajstić information content (AvgIpc) is 2.87. The van der Waals surface area contributed by atoms with Gasteiger partial charge in [-0.15, -0.1) is 0 Å². The standard InChI is InChI=1S/C14H9O7P/c15-5-2-1-4(6-3-20-21-6)9(16)7(5)8-10(17)13-11(18)14-12(8)22(13,14)19/h1-2,6,15-18H,3H2. The summed E-state index contributed by atoms with van der Waals surface area (Å²) in [5, 5.41) is 41.1. The van der Waals surface area contributed by atoms with Crippen LogP contribution in [0.1, 0.15) is 17.2 Å². The van der Waals surface area contributed by atoms with E-state index in [-0.39, 0.29) is 46.1 Å². The number of hydrogen-bond acceptors (Lipinski definition) is 7. The number of hydrogen-bond donors (Lipinski definition) is 4. The van der Waals surface area contributed by atoms with Gasteiger partial charge in [0, 0.05) is 16.5 Å². The lowest BCUT2D eigenvalue weighted by molar-refractivity contribution is -0.429. The number of rotatable bonds is 2. The van der Waals surface area contributed by atoms with E-state index in [2.05, 4.69) is 4.89 Å². The van der Waals surface area contributed by atoms with E-state index in [1.54, 1.807) is 0 Å². The number of phenolic OH excluding ortho intramolecular Hbond substituents is 2. The highest BCUT2D eigenvalue weighted by molar-refractivity contribution is 7.87. The number of aromatic hydroxyl groups is 2. The summed E-state index contributed by atoms with van der Waals surface area (Å²) in [5.41, 5.74) is 0.528. The minimum atomic E-state index is -2.91. The van der Waals surface area contributed by atoms with Crippen LogP contribution in [0.2, 0.25) is 0 Å². The number of aliphatic hydroxyl groups is 2. The first-order valence-electron chi connectivity index (χ1n) is 6.55. The summed E-state index contributed by atoms with van der Waals surface area (Å²) >= 11 is 0. The van der Waals surface area contributed by atoms with Gasteiger partial charge in [0.25, 0.3) is 0 Å². The van der Waals surface area contributed by atoms with Gasteiger partial charge in [0.1, 0.15) is 41.0 Å². The lowest BCUT2D eigenvalue weighted by Crippen LogP contribution is -2.22. The van der Waals surface area contributed by atoms with Crippen molar-refractivity contribution in [2.75, 3.05) is 6.61 Å². The van der Waals surface area contributed by atoms with E-state index in [0.29, 0.717) is 16.2 Å². The van der Waals surface area contributed by atoms with Crippen molar-refractivity contribution in [1.82, 2.24) is 0 Å². The van der Waals surface area contributed by atoms with Gasteiger partial charge in [0.15, 0.2) is 7.14 Å². The van der Waals surface area contributed by atoms with Crippen LogP contribution in [0.3, 0.4) is 0 Å². The van der Waals surface area contributed by atoms with Gasteiger partial charge >= 0.3 is 0 Å². The normalized spacial score (nSPS) is 31.2. The van der Waals surface area contributed by atoms with Gasteiger partial charge in [-0.3, -0.25) is 0 Å². The lowest BCUT2D eigenvalue weighted by Gasteiger charge is -2.26. The quantitative estimate of drug-likeness (QED) is 0.489. The largest absolute Gasteiger partial charge is 0.507 e. The van der Waals surface area contributed by atoms with Crippen molar-refractivity contribution in [2.24, 2.45) is 0 Å². The van der Waals surface area contributed by atoms with Crippen LogP contribution in [0.15, 0.2) is 39.6 Å². The topological polar surface area (TPSA) is 116 Å². The highest BCUT2D eigenvalue weighted by Crippen LogP contribution is 2.97. The number of benzene rings is 1. The van der Waals surface area contributed by atoms with Crippen LogP contribution in [0.5, 0.6) is 11.5 Å². The summed E-state index contributed by atoms with van der Waals surface area (Å²) < 4.78 is 12.5. The Hall–Kier alpha value is -2.21. The molecule has 0 aliphatic carbocycles. The molecule has 2 atom stereocenters. The molecule has 8 heteroatoms. The smallest absolute Gasteiger partial charge is 0.184 e. The van der Waals surface area contributed by atoms with Gasteiger partial charge in [0.2, 0.25) is 0 Å². The molecule has 1 aromatic rings. The molecule has 0 radical (unpaired) electrons. The zero-order valence-electron chi connectivity index (χ0n) is 10.9. The molecule has 1 fully saturated rings. The fraction of sp³-hybridized carbons (Fsp3) is 0.143. The molecule has 0 amide bonds. The Morgan fingerprint density at radius 2 is 1.77 bits per heavy atom. The maximum atomic E-state index is 12.5. The Balaban J connectivity index is 1.74. The zero-order valence-corrected chi connectivity index (χ0v) is 11.8. The minimum absolute atomic E-state index is 0.00164. The molecule has 4 heterocycles. The van der Waals surface area contributed by atoms with Crippen molar-refractivity contribution in [2.45, 2.75) is 6.10 Å². The van der Waals surface area contributed by atoms with Gasteiger partial charge < -0.3 is 25.0 Å². The first kappa shape index (κ1) is 12.3. The Kier molecular flexibility index (Phi) is 1.91. The second kappa shape index (κ2) is 3.41. The van der Waals surface area contributed by atoms with Crippen molar-refractivity contribution in [3.63, 3.8) is 0 Å². The molecule has 4 N–H and O–H groups in total. The summed E-state index contributed by atoms with van der Waals surface area (Å²) in [5.74, 6) is -1.01. The Morgan fingerprint density at radius 1 is 1.05 bits per heavy atom. The third-order valence-electron chi connectivity index (χ3n) is 4.45. The molecule has 112 valence electrons. The second-order valence-electron chi connectivity index (χ2n) is 5.49. The fourth-order valence-electron chi connectivity index (χ4n) is 3.31. The third kappa shape index (κ3) is 1.06. The van der Waals surface area contributed by atoms with Gasteiger partial charge in [0.05, 0.1) is 10.9 Å². The number of allylic oxidation sites excluding steroid dienone is 4. The monoisotopic (exact) mass is 320 g/mol. The molecular formula is C14H9O7P. The van der Waals surface area contributed by atoms with Crippen molar-refractivity contribution < 1.29 is 34.8 Å². The Bertz CT molecular complexity index is 933. The second-order valence-corrected chi connectivity index (χ2v) is 8.05. The van der Waals surface area contributed by atoms with Gasteiger partial charge in [-0.25, -0.2) is 9.78 Å². The van der Waals surface area contributed by atoms with Crippen LogP contribution in [-0.2, 0) is 14.3 Å². The van der Waals surface area contributed by atoms with Crippen LogP contribution < -0.4 is 0 Å². The first-order valence-corrected chi connectivity index (χ1v) is 8.25. The molecule has 1 saturated heterocycles. The van der Waals surface area contributed by atoms with Crippen LogP contribution in [0, 0.1) is 0 Å². The van der Waals surface area contributed by atoms with E-state index in [9.17, 15) is 25.0 Å². The SMILES string of the molecule is O=P12C3=C(O)C1=C2C(c1c(O)ccc(C2COO2)c1O)=C3O. The maximum Gasteiger partial charge on any atom is 0.184 e. The minimum Gasteiger partial charge on any atom is -0.507 e. The fourth-order valence-corrected chi connectivity index (χ4v) is 6.30. The van der Waals surface area contributed by atoms with Crippen LogP contribution in [0.25, 0.3) is 5.57 Å². The summed E-state index contributed by atoms with van der Waals surface area (Å²) in [6, 6.07) is 2.86. The van der Waals surface area contributed by atoms with E-state index in [1.165, 1.54) is 12.1 Å². The summed E-state index contributed by atoms with van der Waals surface area (Å²) in [6.07, 6.45) is -0.464. The van der Waals surface area contributed by atoms with Crippen molar-refractivity contribution >= 4 is 12.7 Å². The summed E-state index contributed by atoms with van der Waals surface area (Å²) in [6.45, 7) is 0.265. The molecular weight excluding hydrogens is 311 g/mol. The van der Waals surface area contributed by atoms with E-state index >= 15 is 0 Å². The average molecular weight is 320 g/mol. The molecule has 4 aliphatic heterocycles. The van der Waals surface area contributed by atoms with Gasteiger partial charge in [-0.1, -0.05) is 0 Å². The van der Waals surface area contributed by atoms with Crippen LogP contribution in [-0.4, -0.2) is 27.0 Å². The van der Waals surface area contributed by atoms with Crippen molar-refractivity contribution in [3.8, 4) is 11.5 Å². The predicted molar refractivity (Wildman–Crippen MR) is 73.4 cm³/mol. The van der Waals surface area contributed by atoms with E-state index in [1.807, 2.05) is 0 Å². The molecule has 0 spiro atoms. The lowest BCUT2D eigenvalue weighted by atomic mass is 9.94. The molecule has 0 aromatic heterocycles. The Morgan fingerprint density at radius 3 is 2.32 bits per heavy atom. The molecule has 7 nitrogen and oxygen atoms in total. The van der Waals surface area contributed by atoms with E-state index < -0.39 is 13.2 Å². The zero-order chi connectivity index (χ0) is 15.4. The molecule has 4 aliphatic rings. The predicted octanol–water partition coefficient (Wildman–Crippen LogP) is 2.75. The summed E-state index contributed by atoms with van der Waals surface area (Å²) in [4.78, 5) is 9.46. The van der Waals surface area contributed by atoms with E-state index in [0.717, 1.165) is 0 Å². The number of phenols is 2. The number of aliphatic hydroxyl groups excluding tert-OH is 2. The van der Waals surface area contributed by atoms with E-state index in [4.69, 9.17) is 4.89 Å². The molecule has 0 saturated carbocycles. The first-order chi connectivity index (χ1) is 10.5. The highest BCUT2D eigenvalue weighted by atomic mass is 31.2. The molecule has 2 unspecified atom stereocenters. The van der Waals surface area contributed by atoms with Crippen molar-refractivity contribution in [3.05, 3.63) is 50.7 Å². The molecule has 0 bridgehead atoms. The molecule has 22 heavy (non-hydrogen) atoms. The third-order valence-corrected chi connectivity index (χ3v) is 7.43. The summed E-state index contributed by atoms with van der Waals surface area (Å²) in [7, 11) is -2.91. The van der Waals surface area contributed by atoms with Gasteiger partial charge in [-0.2, -0.15) is 0 Å². The molecule has 1 aromatic carbocycles. The van der Waals surface area contributed by atoms with Crippen LogP contribution in [0.4, 0.5) is 0 Å². The van der Waals surface area contributed by atoms with Crippen molar-refractivity contribution in [1.29, 1.82) is 0 Å². The molecule has 5 rings (SSSR count). The Labute approximate surface area is 123 Å². The maximum absolute atomic E-state index is 12.5. The highest BCUT2D eigenvalue weighted by Gasteiger charge is 2.71. The van der Waals surface area contributed by atoms with Crippen LogP contribution >= 0.6 is 7.14 Å². The van der Waals surface area contributed by atoms with Gasteiger partial charge in [-0.05, 0) is 12.1 Å².